The highest BCUT2D eigenvalue weighted by atomic mass is 16.4. The standard InChI is InChI=1S/C21H17N3O3/c22-24-23-19-16(11-12-17(20(19)25)21(26)27)18(15-9-5-2-6-10-15)13-14-7-3-1-4-8-14/h1-12,17-18H,13H2,(H,26,27). The molecule has 1 N–H and O–H groups in total. The fourth-order valence-electron chi connectivity index (χ4n) is 3.23. The summed E-state index contributed by atoms with van der Waals surface area (Å²) in [5.74, 6) is -3.53. The quantitative estimate of drug-likeness (QED) is 0.357. The van der Waals surface area contributed by atoms with Gasteiger partial charge in [-0.25, -0.2) is 0 Å². The molecular weight excluding hydrogens is 342 g/mol. The summed E-state index contributed by atoms with van der Waals surface area (Å²) in [6, 6.07) is 19.3. The van der Waals surface area contributed by atoms with E-state index < -0.39 is 17.7 Å². The summed E-state index contributed by atoms with van der Waals surface area (Å²) >= 11 is 0. The van der Waals surface area contributed by atoms with Crippen LogP contribution in [0.15, 0.2) is 89.2 Å². The van der Waals surface area contributed by atoms with Crippen LogP contribution in [-0.4, -0.2) is 16.9 Å². The lowest BCUT2D eigenvalue weighted by Gasteiger charge is -2.24. The van der Waals surface area contributed by atoms with Crippen LogP contribution in [0.4, 0.5) is 0 Å². The monoisotopic (exact) mass is 359 g/mol. The maximum Gasteiger partial charge on any atom is 0.318 e. The van der Waals surface area contributed by atoms with E-state index in [4.69, 9.17) is 5.53 Å². The van der Waals surface area contributed by atoms with Gasteiger partial charge in [0.2, 0.25) is 0 Å². The van der Waals surface area contributed by atoms with Gasteiger partial charge in [0.1, 0.15) is 5.92 Å². The Kier molecular flexibility index (Phi) is 5.50. The number of carbonyl (C=O) groups excluding carboxylic acids is 1. The number of nitrogens with zero attached hydrogens (tertiary/aromatic N) is 3. The molecule has 1 aliphatic rings. The third kappa shape index (κ3) is 3.97. The van der Waals surface area contributed by atoms with Crippen molar-refractivity contribution in [3.63, 3.8) is 0 Å². The molecule has 6 heteroatoms. The molecule has 2 aromatic rings. The second-order valence-electron chi connectivity index (χ2n) is 6.19. The molecule has 134 valence electrons. The summed E-state index contributed by atoms with van der Waals surface area (Å²) in [5, 5.41) is 12.8. The predicted molar refractivity (Wildman–Crippen MR) is 101 cm³/mol. The molecule has 0 heterocycles. The van der Waals surface area contributed by atoms with Crippen LogP contribution in [0.3, 0.4) is 0 Å². The fourth-order valence-corrected chi connectivity index (χ4v) is 3.23. The molecule has 27 heavy (non-hydrogen) atoms. The Bertz CT molecular complexity index is 959. The molecule has 0 saturated heterocycles. The van der Waals surface area contributed by atoms with Crippen LogP contribution in [0.5, 0.6) is 0 Å². The number of carboxylic acids is 1. The molecule has 0 amide bonds. The lowest BCUT2D eigenvalue weighted by Crippen LogP contribution is -2.27. The van der Waals surface area contributed by atoms with E-state index in [0.717, 1.165) is 11.1 Å². The molecule has 0 aromatic heterocycles. The van der Waals surface area contributed by atoms with E-state index >= 15 is 0 Å². The number of rotatable bonds is 6. The Labute approximate surface area is 156 Å². The topological polar surface area (TPSA) is 103 Å². The Morgan fingerprint density at radius 2 is 1.74 bits per heavy atom. The second kappa shape index (κ2) is 8.17. The molecule has 0 saturated carbocycles. The molecule has 0 fully saturated rings. The van der Waals surface area contributed by atoms with E-state index in [-0.39, 0.29) is 11.6 Å². The van der Waals surface area contributed by atoms with E-state index in [1.165, 1.54) is 6.08 Å². The summed E-state index contributed by atoms with van der Waals surface area (Å²) in [6.07, 6.45) is 3.54. The Morgan fingerprint density at radius 3 is 2.33 bits per heavy atom. The summed E-state index contributed by atoms with van der Waals surface area (Å²) < 4.78 is 0. The second-order valence-corrected chi connectivity index (χ2v) is 6.19. The molecule has 2 atom stereocenters. The van der Waals surface area contributed by atoms with Crippen LogP contribution < -0.4 is 0 Å². The molecule has 6 nitrogen and oxygen atoms in total. The number of hydrogen-bond donors (Lipinski definition) is 1. The van der Waals surface area contributed by atoms with Crippen molar-refractivity contribution >= 4 is 11.8 Å². The van der Waals surface area contributed by atoms with Crippen LogP contribution in [0.25, 0.3) is 10.4 Å². The van der Waals surface area contributed by atoms with Gasteiger partial charge in [-0.2, -0.15) is 0 Å². The van der Waals surface area contributed by atoms with Crippen molar-refractivity contribution in [1.29, 1.82) is 0 Å². The van der Waals surface area contributed by atoms with Gasteiger partial charge in [0, 0.05) is 10.8 Å². The summed E-state index contributed by atoms with van der Waals surface area (Å²) in [4.78, 5) is 26.7. The van der Waals surface area contributed by atoms with Crippen LogP contribution in [-0.2, 0) is 16.0 Å². The zero-order valence-electron chi connectivity index (χ0n) is 14.4. The van der Waals surface area contributed by atoms with Crippen molar-refractivity contribution in [3.05, 3.63) is 106 Å². The summed E-state index contributed by atoms with van der Waals surface area (Å²) in [7, 11) is 0. The van der Waals surface area contributed by atoms with Gasteiger partial charge in [-0.05, 0) is 28.7 Å². The third-order valence-electron chi connectivity index (χ3n) is 4.53. The Morgan fingerprint density at radius 1 is 1.11 bits per heavy atom. The molecular formula is C21H17N3O3. The van der Waals surface area contributed by atoms with Crippen molar-refractivity contribution in [3.8, 4) is 0 Å². The van der Waals surface area contributed by atoms with Gasteiger partial charge >= 0.3 is 5.97 Å². The largest absolute Gasteiger partial charge is 0.480 e. The first kappa shape index (κ1) is 18.2. The van der Waals surface area contributed by atoms with Crippen molar-refractivity contribution in [2.45, 2.75) is 12.3 Å². The molecule has 3 rings (SSSR count). The fraction of sp³-hybridized carbons (Fsp3) is 0.143. The molecule has 2 unspecified atom stereocenters. The number of carboxylic acid groups (broad SMARTS) is 1. The van der Waals surface area contributed by atoms with Gasteiger partial charge < -0.3 is 5.11 Å². The molecule has 0 aliphatic heterocycles. The van der Waals surface area contributed by atoms with Crippen molar-refractivity contribution in [2.75, 3.05) is 0 Å². The predicted octanol–water partition coefficient (Wildman–Crippen LogP) is 4.42. The van der Waals surface area contributed by atoms with E-state index in [2.05, 4.69) is 10.0 Å². The number of ketones is 1. The molecule has 2 aromatic carbocycles. The molecule has 0 spiro atoms. The maximum atomic E-state index is 12.6. The maximum absolute atomic E-state index is 12.6. The van der Waals surface area contributed by atoms with Gasteiger partial charge in [-0.3, -0.25) is 9.59 Å². The number of benzene rings is 2. The van der Waals surface area contributed by atoms with Crippen LogP contribution >= 0.6 is 0 Å². The van der Waals surface area contributed by atoms with Gasteiger partial charge in [0.25, 0.3) is 0 Å². The lowest BCUT2D eigenvalue weighted by molar-refractivity contribution is -0.143. The minimum absolute atomic E-state index is 0.128. The molecule has 1 aliphatic carbocycles. The average Bonchev–Trinajstić information content (AvgIpc) is 2.69. The highest BCUT2D eigenvalue weighted by Gasteiger charge is 2.33. The normalized spacial score (nSPS) is 17.3. The zero-order chi connectivity index (χ0) is 19.2. The van der Waals surface area contributed by atoms with E-state index in [1.807, 2.05) is 60.7 Å². The molecule has 0 bridgehead atoms. The summed E-state index contributed by atoms with van der Waals surface area (Å²) in [5.41, 5.74) is 11.3. The van der Waals surface area contributed by atoms with Gasteiger partial charge in [0.05, 0.1) is 5.70 Å². The van der Waals surface area contributed by atoms with Crippen LogP contribution in [0.2, 0.25) is 0 Å². The Hall–Kier alpha value is -3.63. The minimum atomic E-state index is -1.33. The van der Waals surface area contributed by atoms with E-state index in [9.17, 15) is 14.7 Å². The van der Waals surface area contributed by atoms with Crippen molar-refractivity contribution in [2.24, 2.45) is 11.0 Å². The smallest absolute Gasteiger partial charge is 0.318 e. The first-order valence-corrected chi connectivity index (χ1v) is 8.45. The van der Waals surface area contributed by atoms with Gasteiger partial charge in [-0.15, -0.1) is 0 Å². The first-order valence-electron chi connectivity index (χ1n) is 8.45. The first-order chi connectivity index (χ1) is 13.1. The van der Waals surface area contributed by atoms with Gasteiger partial charge in [-0.1, -0.05) is 77.9 Å². The van der Waals surface area contributed by atoms with E-state index in [1.54, 1.807) is 6.08 Å². The molecule has 0 radical (unpaired) electrons. The lowest BCUT2D eigenvalue weighted by atomic mass is 9.80. The number of hydrogen-bond acceptors (Lipinski definition) is 3. The van der Waals surface area contributed by atoms with Crippen molar-refractivity contribution < 1.29 is 14.7 Å². The Balaban J connectivity index is 2.12. The summed E-state index contributed by atoms with van der Waals surface area (Å²) in [6.45, 7) is 0. The third-order valence-corrected chi connectivity index (χ3v) is 4.53. The minimum Gasteiger partial charge on any atom is -0.480 e. The number of allylic oxidation sites excluding steroid dienone is 3. The van der Waals surface area contributed by atoms with Crippen molar-refractivity contribution in [1.82, 2.24) is 0 Å². The SMILES string of the molecule is [N-]=[N+]=NC1=C(C(Cc2ccccc2)c2ccccc2)C=CC(C(=O)O)C1=O. The van der Waals surface area contributed by atoms with Gasteiger partial charge in [0.15, 0.2) is 5.78 Å². The highest BCUT2D eigenvalue weighted by Crippen LogP contribution is 2.35. The highest BCUT2D eigenvalue weighted by molar-refractivity contribution is 6.10. The van der Waals surface area contributed by atoms with Crippen LogP contribution in [0, 0.1) is 5.92 Å². The number of azide groups is 1. The average molecular weight is 359 g/mol. The number of carbonyl (C=O) groups is 2. The van der Waals surface area contributed by atoms with E-state index in [0.29, 0.717) is 12.0 Å². The van der Waals surface area contributed by atoms with Crippen LogP contribution in [0.1, 0.15) is 17.0 Å². The number of aliphatic carboxylic acids is 1. The number of Topliss-reactive ketones (excluding diaryl/α,β-unsaturated/α-hetero) is 1. The zero-order valence-corrected chi connectivity index (χ0v) is 14.4.